The Morgan fingerprint density at radius 3 is 2.83 bits per heavy atom. The topological polar surface area (TPSA) is 50.7 Å². The number of carbonyl (C=O) groups is 1. The molecular formula is C19H20N2O2S. The molecule has 0 aliphatic rings. The molecule has 2 aromatic rings. The third kappa shape index (κ3) is 6.71. The lowest BCUT2D eigenvalue weighted by Gasteiger charge is -2.03. The smallest absolute Gasteiger partial charge is 0.240 e. The monoisotopic (exact) mass is 340 g/mol. The molecule has 24 heavy (non-hydrogen) atoms. The van der Waals surface area contributed by atoms with Crippen LogP contribution in [0.5, 0.6) is 5.75 Å². The lowest BCUT2D eigenvalue weighted by molar-refractivity contribution is -0.120. The van der Waals surface area contributed by atoms with Gasteiger partial charge >= 0.3 is 0 Å². The Labute approximate surface area is 146 Å². The second-order valence-electron chi connectivity index (χ2n) is 4.88. The van der Waals surface area contributed by atoms with Gasteiger partial charge < -0.3 is 4.74 Å². The van der Waals surface area contributed by atoms with E-state index in [2.05, 4.69) is 17.1 Å². The Morgan fingerprint density at radius 2 is 2.04 bits per heavy atom. The maximum absolute atomic E-state index is 11.8. The van der Waals surface area contributed by atoms with E-state index in [9.17, 15) is 4.79 Å². The summed E-state index contributed by atoms with van der Waals surface area (Å²) in [6.07, 6.45) is 3.71. The Hall–Kier alpha value is -2.53. The highest BCUT2D eigenvalue weighted by Gasteiger charge is 2.00. The second kappa shape index (κ2) is 10.3. The molecule has 0 unspecified atom stereocenters. The highest BCUT2D eigenvalue weighted by Crippen LogP contribution is 2.17. The van der Waals surface area contributed by atoms with Crippen molar-refractivity contribution in [2.45, 2.75) is 11.3 Å². The molecule has 0 aliphatic carbocycles. The van der Waals surface area contributed by atoms with Crippen molar-refractivity contribution >= 4 is 23.9 Å². The third-order valence-electron chi connectivity index (χ3n) is 2.97. The molecule has 0 aromatic heterocycles. The minimum atomic E-state index is -0.103. The van der Waals surface area contributed by atoms with Crippen LogP contribution in [-0.2, 0) is 4.79 Å². The molecule has 124 valence electrons. The Morgan fingerprint density at radius 1 is 1.21 bits per heavy atom. The molecule has 0 saturated carbocycles. The summed E-state index contributed by atoms with van der Waals surface area (Å²) in [5.74, 6) is 1.36. The molecule has 0 spiro atoms. The summed E-state index contributed by atoms with van der Waals surface area (Å²) in [7, 11) is 0. The zero-order chi connectivity index (χ0) is 17.0. The van der Waals surface area contributed by atoms with Gasteiger partial charge in [0.05, 0.1) is 6.21 Å². The fraction of sp³-hybridized carbons (Fsp3) is 0.158. The van der Waals surface area contributed by atoms with Crippen LogP contribution in [0, 0.1) is 0 Å². The van der Waals surface area contributed by atoms with Gasteiger partial charge in [-0.1, -0.05) is 43.0 Å². The molecule has 1 amide bonds. The molecule has 0 atom stereocenters. The minimum absolute atomic E-state index is 0.103. The fourth-order valence-corrected chi connectivity index (χ4v) is 2.73. The molecule has 0 heterocycles. The number of hydrazone groups is 1. The van der Waals surface area contributed by atoms with Crippen molar-refractivity contribution in [2.75, 3.05) is 12.4 Å². The van der Waals surface area contributed by atoms with Gasteiger partial charge in [0.25, 0.3) is 0 Å². The highest BCUT2D eigenvalue weighted by atomic mass is 32.2. The average molecular weight is 340 g/mol. The van der Waals surface area contributed by atoms with E-state index in [-0.39, 0.29) is 5.91 Å². The van der Waals surface area contributed by atoms with Gasteiger partial charge in [-0.15, -0.1) is 11.8 Å². The normalized spacial score (nSPS) is 10.5. The highest BCUT2D eigenvalue weighted by molar-refractivity contribution is 7.99. The van der Waals surface area contributed by atoms with Gasteiger partial charge in [-0.2, -0.15) is 5.10 Å². The lowest BCUT2D eigenvalue weighted by atomic mass is 10.2. The van der Waals surface area contributed by atoms with Gasteiger partial charge in [-0.3, -0.25) is 4.79 Å². The van der Waals surface area contributed by atoms with Crippen LogP contribution in [0.25, 0.3) is 0 Å². The summed E-state index contributed by atoms with van der Waals surface area (Å²) in [5, 5.41) is 3.98. The van der Waals surface area contributed by atoms with Crippen LogP contribution in [0.4, 0.5) is 0 Å². The Bertz CT molecular complexity index is 687. The Kier molecular flexibility index (Phi) is 7.63. The summed E-state index contributed by atoms with van der Waals surface area (Å²) in [6, 6.07) is 17.5. The summed E-state index contributed by atoms with van der Waals surface area (Å²) in [6.45, 7) is 4.07. The van der Waals surface area contributed by atoms with E-state index < -0.39 is 0 Å². The molecule has 0 bridgehead atoms. The van der Waals surface area contributed by atoms with Gasteiger partial charge in [0.1, 0.15) is 12.4 Å². The van der Waals surface area contributed by atoms with Crippen molar-refractivity contribution in [3.05, 3.63) is 72.8 Å². The average Bonchev–Trinajstić information content (AvgIpc) is 2.61. The van der Waals surface area contributed by atoms with Crippen LogP contribution in [0.1, 0.15) is 12.0 Å². The first kappa shape index (κ1) is 17.8. The molecule has 2 rings (SSSR count). The van der Waals surface area contributed by atoms with Crippen LogP contribution in [0.3, 0.4) is 0 Å². The summed E-state index contributed by atoms with van der Waals surface area (Å²) < 4.78 is 5.45. The zero-order valence-electron chi connectivity index (χ0n) is 13.4. The first-order chi connectivity index (χ1) is 11.8. The van der Waals surface area contributed by atoms with Gasteiger partial charge in [-0.05, 0) is 29.8 Å². The summed E-state index contributed by atoms with van der Waals surface area (Å²) >= 11 is 1.65. The quantitative estimate of drug-likeness (QED) is 0.326. The first-order valence-electron chi connectivity index (χ1n) is 7.61. The van der Waals surface area contributed by atoms with Crippen molar-refractivity contribution in [1.82, 2.24) is 5.43 Å². The number of amides is 1. The van der Waals surface area contributed by atoms with Crippen LogP contribution in [0.15, 0.2) is 77.2 Å². The number of hydrogen-bond acceptors (Lipinski definition) is 4. The van der Waals surface area contributed by atoms with Crippen molar-refractivity contribution in [3.63, 3.8) is 0 Å². The number of nitrogens with one attached hydrogen (secondary N) is 1. The number of hydrogen-bond donors (Lipinski definition) is 1. The predicted octanol–water partition coefficient (Wildman–Crippen LogP) is 3.88. The van der Waals surface area contributed by atoms with E-state index in [0.29, 0.717) is 13.0 Å². The van der Waals surface area contributed by atoms with E-state index in [1.807, 2.05) is 54.6 Å². The zero-order valence-corrected chi connectivity index (χ0v) is 14.2. The van der Waals surface area contributed by atoms with Gasteiger partial charge in [0, 0.05) is 17.1 Å². The van der Waals surface area contributed by atoms with Crippen LogP contribution in [0.2, 0.25) is 0 Å². The first-order valence-corrected chi connectivity index (χ1v) is 8.60. The standard InChI is InChI=1S/C19H20N2O2S/c1-2-12-23-17-8-6-7-16(14-17)15-20-21-19(22)11-13-24-18-9-4-3-5-10-18/h2-10,14-15H,1,11-13H2,(H,21,22)/b20-15-. The SMILES string of the molecule is C=CCOc1cccc(/C=N\NC(=O)CCSc2ccccc2)c1. The van der Waals surface area contributed by atoms with Crippen LogP contribution >= 0.6 is 11.8 Å². The molecular weight excluding hydrogens is 320 g/mol. The number of ether oxygens (including phenoxy) is 1. The van der Waals surface area contributed by atoms with E-state index in [1.54, 1.807) is 24.1 Å². The van der Waals surface area contributed by atoms with Crippen molar-refractivity contribution < 1.29 is 9.53 Å². The number of benzene rings is 2. The van der Waals surface area contributed by atoms with Crippen LogP contribution < -0.4 is 10.2 Å². The van der Waals surface area contributed by atoms with E-state index in [4.69, 9.17) is 4.74 Å². The molecule has 0 aliphatic heterocycles. The molecule has 0 fully saturated rings. The molecule has 0 radical (unpaired) electrons. The maximum Gasteiger partial charge on any atom is 0.240 e. The van der Waals surface area contributed by atoms with Gasteiger partial charge in [0.2, 0.25) is 5.91 Å². The molecule has 5 heteroatoms. The van der Waals surface area contributed by atoms with Gasteiger partial charge in [-0.25, -0.2) is 5.43 Å². The van der Waals surface area contributed by atoms with Crippen molar-refractivity contribution in [2.24, 2.45) is 5.10 Å². The number of carbonyl (C=O) groups excluding carboxylic acids is 1. The fourth-order valence-electron chi connectivity index (χ4n) is 1.85. The van der Waals surface area contributed by atoms with E-state index in [1.165, 1.54) is 0 Å². The molecule has 1 N–H and O–H groups in total. The van der Waals surface area contributed by atoms with Crippen LogP contribution in [-0.4, -0.2) is 24.5 Å². The number of thioether (sulfide) groups is 1. The summed E-state index contributed by atoms with van der Waals surface area (Å²) in [5.41, 5.74) is 3.40. The van der Waals surface area contributed by atoms with E-state index in [0.717, 1.165) is 22.0 Å². The largest absolute Gasteiger partial charge is 0.490 e. The lowest BCUT2D eigenvalue weighted by Crippen LogP contribution is -2.17. The maximum atomic E-state index is 11.8. The molecule has 0 saturated heterocycles. The van der Waals surface area contributed by atoms with Crippen molar-refractivity contribution in [3.8, 4) is 5.75 Å². The summed E-state index contributed by atoms with van der Waals surface area (Å²) in [4.78, 5) is 12.9. The number of rotatable bonds is 9. The van der Waals surface area contributed by atoms with E-state index >= 15 is 0 Å². The third-order valence-corrected chi connectivity index (χ3v) is 3.98. The predicted molar refractivity (Wildman–Crippen MR) is 99.7 cm³/mol. The van der Waals surface area contributed by atoms with Crippen molar-refractivity contribution in [1.29, 1.82) is 0 Å². The van der Waals surface area contributed by atoms with Gasteiger partial charge in [0.15, 0.2) is 0 Å². The Balaban J connectivity index is 1.72. The molecule has 4 nitrogen and oxygen atoms in total. The second-order valence-corrected chi connectivity index (χ2v) is 6.05. The number of nitrogens with zero attached hydrogens (tertiary/aromatic N) is 1. The molecule has 2 aromatic carbocycles. The minimum Gasteiger partial charge on any atom is -0.490 e.